The van der Waals surface area contributed by atoms with Gasteiger partial charge in [-0.25, -0.2) is 22.0 Å². The molecule has 0 aromatic heterocycles. The van der Waals surface area contributed by atoms with Crippen molar-refractivity contribution >= 4 is 18.9 Å². The minimum atomic E-state index is -3.14. The van der Waals surface area contributed by atoms with Crippen LogP contribution in [0.15, 0.2) is 12.1 Å². The Morgan fingerprint density at radius 3 is 1.47 bits per heavy atom. The van der Waals surface area contributed by atoms with E-state index in [0.29, 0.717) is 5.75 Å². The van der Waals surface area contributed by atoms with Gasteiger partial charge >= 0.3 is 14.5 Å². The average Bonchev–Trinajstić information content (AvgIpc) is 2.63. The molecular weight excluding hydrogens is 438 g/mol. The molecule has 0 radical (unpaired) electrons. The van der Waals surface area contributed by atoms with Crippen molar-refractivity contribution in [2.24, 2.45) is 5.92 Å². The van der Waals surface area contributed by atoms with Crippen LogP contribution in [0.5, 0.6) is 5.75 Å². The fourth-order valence-electron chi connectivity index (χ4n) is 3.71. The molecule has 176 valence electrons. The summed E-state index contributed by atoms with van der Waals surface area (Å²) in [5.74, 6) is -9.18. The zero-order chi connectivity index (χ0) is 24.8. The number of aryl methyl sites for hydroxylation is 1. The van der Waals surface area contributed by atoms with Crippen LogP contribution >= 0.6 is 0 Å². The van der Waals surface area contributed by atoms with Crippen molar-refractivity contribution in [1.29, 1.82) is 0 Å². The molecule has 0 unspecified atom stereocenters. The Kier molecular flexibility index (Phi) is 7.79. The molecule has 0 atom stereocenters. The summed E-state index contributed by atoms with van der Waals surface area (Å²) in [7, 11) is 0. The lowest BCUT2D eigenvalue weighted by Gasteiger charge is -2.33. The molecule has 2 aromatic carbocycles. The summed E-state index contributed by atoms with van der Waals surface area (Å²) in [6, 6.07) is 3.92. The normalized spacial score (nSPS) is 12.5. The summed E-state index contributed by atoms with van der Waals surface area (Å²) in [6.07, 6.45) is 0. The van der Waals surface area contributed by atoms with Crippen molar-refractivity contribution in [2.45, 2.75) is 78.4 Å². The predicted molar refractivity (Wildman–Crippen MR) is 120 cm³/mol. The Labute approximate surface area is 192 Å². The Morgan fingerprint density at radius 1 is 0.750 bits per heavy atom. The van der Waals surface area contributed by atoms with Gasteiger partial charge in [0.15, 0.2) is 29.1 Å². The van der Waals surface area contributed by atoms with Crippen molar-refractivity contribution in [3.8, 4) is 5.75 Å². The van der Waals surface area contributed by atoms with E-state index in [1.54, 1.807) is 0 Å². The lowest BCUT2D eigenvalue weighted by Crippen LogP contribution is -2.44. The van der Waals surface area contributed by atoms with Gasteiger partial charge in [-0.2, -0.15) is 0 Å². The third kappa shape index (κ3) is 5.49. The van der Waals surface area contributed by atoms with E-state index in [9.17, 15) is 22.0 Å². The Balaban J connectivity index is 2.84. The molecule has 0 saturated carbocycles. The van der Waals surface area contributed by atoms with Gasteiger partial charge in [-0.15, -0.1) is 0 Å². The maximum absolute atomic E-state index is 14.8. The fourth-order valence-corrected chi connectivity index (χ4v) is 6.38. The highest BCUT2D eigenvalue weighted by Gasteiger charge is 2.40. The van der Waals surface area contributed by atoms with Crippen LogP contribution in [-0.2, 0) is 10.8 Å². The minimum absolute atomic E-state index is 0.0664. The second kappa shape index (κ2) is 9.35. The van der Waals surface area contributed by atoms with Crippen LogP contribution in [0.2, 0.25) is 5.28 Å². The molecule has 32 heavy (non-hydrogen) atoms. The molecule has 0 bridgehead atoms. The monoisotopic (exact) mass is 470 g/mol. The first-order valence-electron chi connectivity index (χ1n) is 10.8. The first kappa shape index (κ1) is 26.7. The summed E-state index contributed by atoms with van der Waals surface area (Å²) < 4.78 is 76.9. The van der Waals surface area contributed by atoms with Crippen LogP contribution in [0.3, 0.4) is 0 Å². The SMILES string of the molecule is Cc1cc(C(C)(C)C)c([O][Al]([CH2]C(C)C)[c]2c(F)c(F)c(F)c(F)c2F)c(C(C)(C)C)c1. The fraction of sp³-hybridized carbons (Fsp3) is 0.520. The highest BCUT2D eigenvalue weighted by atomic mass is 27.2. The number of hydrogen-bond donors (Lipinski definition) is 0. The lowest BCUT2D eigenvalue weighted by atomic mass is 9.78. The topological polar surface area (TPSA) is 9.23 Å². The van der Waals surface area contributed by atoms with E-state index in [4.69, 9.17) is 3.79 Å². The molecule has 0 N–H and O–H groups in total. The first-order chi connectivity index (χ1) is 14.5. The Bertz CT molecular complexity index is 939. The van der Waals surface area contributed by atoms with Crippen molar-refractivity contribution in [3.05, 3.63) is 57.9 Å². The summed E-state index contributed by atoms with van der Waals surface area (Å²) in [6.45, 7) is 17.6. The van der Waals surface area contributed by atoms with Crippen LogP contribution in [0.4, 0.5) is 22.0 Å². The number of hydrogen-bond acceptors (Lipinski definition) is 1. The Hall–Kier alpha value is -1.58. The van der Waals surface area contributed by atoms with Gasteiger partial charge in [-0.05, 0) is 34.2 Å². The summed E-state index contributed by atoms with van der Waals surface area (Å²) in [5.41, 5.74) is 1.95. The number of rotatable bonds is 5. The van der Waals surface area contributed by atoms with Gasteiger partial charge in [-0.1, -0.05) is 79.0 Å². The predicted octanol–water partition coefficient (Wildman–Crippen LogP) is 7.22. The van der Waals surface area contributed by atoms with Gasteiger partial charge in [0, 0.05) is 4.43 Å². The van der Waals surface area contributed by atoms with Gasteiger partial charge in [0.1, 0.15) is 0 Å². The summed E-state index contributed by atoms with van der Waals surface area (Å²) in [5, 5.41) is 0.208. The van der Waals surface area contributed by atoms with E-state index in [0.717, 1.165) is 16.7 Å². The van der Waals surface area contributed by atoms with Crippen LogP contribution in [0.25, 0.3) is 0 Å². The van der Waals surface area contributed by atoms with Crippen LogP contribution < -0.4 is 8.21 Å². The zero-order valence-electron chi connectivity index (χ0n) is 20.3. The molecule has 0 saturated heterocycles. The third-order valence-corrected chi connectivity index (χ3v) is 8.40. The smallest absolute Gasteiger partial charge is 0.595 e. The lowest BCUT2D eigenvalue weighted by molar-refractivity contribution is 0.381. The van der Waals surface area contributed by atoms with E-state index < -0.39 is 48.0 Å². The molecule has 7 heteroatoms. The zero-order valence-corrected chi connectivity index (χ0v) is 21.5. The highest BCUT2D eigenvalue weighted by Crippen LogP contribution is 2.41. The quantitative estimate of drug-likeness (QED) is 0.194. The second-order valence-electron chi connectivity index (χ2n) is 10.9. The third-order valence-electron chi connectivity index (χ3n) is 5.36. The molecule has 0 aliphatic rings. The van der Waals surface area contributed by atoms with Gasteiger partial charge in [0.05, 0.1) is 5.75 Å². The van der Waals surface area contributed by atoms with Gasteiger partial charge in [-0.3, -0.25) is 0 Å². The van der Waals surface area contributed by atoms with Crippen molar-refractivity contribution < 1.29 is 25.7 Å². The van der Waals surface area contributed by atoms with Crippen LogP contribution in [-0.4, -0.2) is 14.5 Å². The molecule has 0 fully saturated rings. The van der Waals surface area contributed by atoms with Crippen molar-refractivity contribution in [3.63, 3.8) is 0 Å². The number of halogens is 5. The van der Waals surface area contributed by atoms with Crippen molar-refractivity contribution in [2.75, 3.05) is 0 Å². The van der Waals surface area contributed by atoms with Crippen LogP contribution in [0, 0.1) is 41.9 Å². The molecule has 0 spiro atoms. The molecule has 2 aromatic rings. The highest BCUT2D eigenvalue weighted by molar-refractivity contribution is 6.68. The molecule has 0 aliphatic carbocycles. The summed E-state index contributed by atoms with van der Waals surface area (Å²) in [4.78, 5) is 0. The molecule has 0 heterocycles. The van der Waals surface area contributed by atoms with Crippen LogP contribution in [0.1, 0.15) is 72.1 Å². The minimum Gasteiger partial charge on any atom is -0.639 e. The van der Waals surface area contributed by atoms with E-state index >= 15 is 0 Å². The molecule has 0 aliphatic heterocycles. The van der Waals surface area contributed by atoms with E-state index in [2.05, 4.69) is 0 Å². The standard InChI is InChI=1S/C15H24O.C6F5.C4H9.Al/c1-10-8-11(14(2,3)4)13(16)12(9-10)15(5,6)7;7-2-1-3(8)5(10)6(11)4(2)9;1-4(2)3;/h8-9,16H,1-7H3;;4H,1H2,2-3H3;/q;;;+1/p-1. The Morgan fingerprint density at radius 2 is 1.12 bits per heavy atom. The summed E-state index contributed by atoms with van der Waals surface area (Å²) >= 11 is -3.14. The van der Waals surface area contributed by atoms with Gasteiger partial charge in [0.25, 0.3) is 0 Å². The second-order valence-corrected chi connectivity index (χ2v) is 13.2. The van der Waals surface area contributed by atoms with E-state index in [1.807, 2.05) is 74.4 Å². The average molecular weight is 471 g/mol. The number of benzene rings is 2. The largest absolute Gasteiger partial charge is 0.639 e. The molecule has 0 amide bonds. The maximum Gasteiger partial charge on any atom is 0.595 e. The maximum atomic E-state index is 14.8. The first-order valence-corrected chi connectivity index (χ1v) is 12.7. The van der Waals surface area contributed by atoms with Gasteiger partial charge in [0.2, 0.25) is 0 Å². The van der Waals surface area contributed by atoms with Gasteiger partial charge < -0.3 is 3.79 Å². The van der Waals surface area contributed by atoms with E-state index in [-0.39, 0.29) is 22.0 Å². The molecule has 1 nitrogen and oxygen atoms in total. The molecule has 2 rings (SSSR count). The van der Waals surface area contributed by atoms with Crippen molar-refractivity contribution in [1.82, 2.24) is 0 Å². The molecular formula is C25H32AlF5O. The van der Waals surface area contributed by atoms with E-state index in [1.165, 1.54) is 0 Å².